The summed E-state index contributed by atoms with van der Waals surface area (Å²) in [4.78, 5) is 11.6. The molecule has 0 aromatic carbocycles. The number of rotatable bonds is 3. The van der Waals surface area contributed by atoms with Crippen LogP contribution in [0.2, 0.25) is 0 Å². The van der Waals surface area contributed by atoms with E-state index in [2.05, 4.69) is 22.9 Å². The fourth-order valence-corrected chi connectivity index (χ4v) is 2.75. The van der Waals surface area contributed by atoms with E-state index in [0.29, 0.717) is 12.0 Å². The van der Waals surface area contributed by atoms with Gasteiger partial charge in [-0.15, -0.1) is 0 Å². The molecule has 2 aliphatic heterocycles. The summed E-state index contributed by atoms with van der Waals surface area (Å²) < 4.78 is 0. The van der Waals surface area contributed by atoms with Gasteiger partial charge >= 0.3 is 0 Å². The molecule has 0 spiro atoms. The maximum absolute atomic E-state index is 11.6. The van der Waals surface area contributed by atoms with Crippen molar-refractivity contribution < 1.29 is 4.79 Å². The lowest BCUT2D eigenvalue weighted by molar-refractivity contribution is -0.125. The topological polar surface area (TPSA) is 53.2 Å². The van der Waals surface area contributed by atoms with Crippen LogP contribution in [-0.4, -0.2) is 37.6 Å². The van der Waals surface area contributed by atoms with Crippen LogP contribution in [0.25, 0.3) is 0 Å². The van der Waals surface area contributed by atoms with Crippen LogP contribution < -0.4 is 16.0 Å². The molecule has 2 fully saturated rings. The Morgan fingerprint density at radius 1 is 1.38 bits per heavy atom. The smallest absolute Gasteiger partial charge is 0.237 e. The molecule has 3 unspecified atom stereocenters. The van der Waals surface area contributed by atoms with Gasteiger partial charge in [0.2, 0.25) is 5.91 Å². The number of hydrogen-bond donors (Lipinski definition) is 3. The van der Waals surface area contributed by atoms with Gasteiger partial charge in [0.05, 0.1) is 6.04 Å². The largest absolute Gasteiger partial charge is 0.353 e. The van der Waals surface area contributed by atoms with Crippen LogP contribution in [-0.2, 0) is 4.79 Å². The second-order valence-electron chi connectivity index (χ2n) is 4.97. The first-order chi connectivity index (χ1) is 7.81. The Labute approximate surface area is 97.6 Å². The van der Waals surface area contributed by atoms with Crippen molar-refractivity contribution in [3.05, 3.63) is 0 Å². The number of nitrogens with one attached hydrogen (secondary N) is 3. The zero-order valence-corrected chi connectivity index (χ0v) is 10.1. The summed E-state index contributed by atoms with van der Waals surface area (Å²) in [6.45, 7) is 5.16. The minimum absolute atomic E-state index is 0.0330. The molecule has 2 rings (SSSR count). The second kappa shape index (κ2) is 5.64. The molecule has 92 valence electrons. The Hall–Kier alpha value is -0.610. The van der Waals surface area contributed by atoms with E-state index in [0.717, 1.165) is 32.5 Å². The SMILES string of the molecule is CCCC1NC(C2CCCNC2)CNC1=O. The summed E-state index contributed by atoms with van der Waals surface area (Å²) in [5.74, 6) is 0.857. The van der Waals surface area contributed by atoms with Gasteiger partial charge in [-0.1, -0.05) is 13.3 Å². The van der Waals surface area contributed by atoms with Crippen LogP contribution in [0, 0.1) is 5.92 Å². The molecule has 3 atom stereocenters. The maximum atomic E-state index is 11.6. The van der Waals surface area contributed by atoms with E-state index < -0.39 is 0 Å². The molecule has 4 nitrogen and oxygen atoms in total. The molecule has 16 heavy (non-hydrogen) atoms. The number of hydrogen-bond acceptors (Lipinski definition) is 3. The highest BCUT2D eigenvalue weighted by Gasteiger charge is 2.32. The van der Waals surface area contributed by atoms with Gasteiger partial charge in [0.25, 0.3) is 0 Å². The first-order valence-corrected chi connectivity index (χ1v) is 6.55. The lowest BCUT2D eigenvalue weighted by Crippen LogP contribution is -2.62. The van der Waals surface area contributed by atoms with Crippen molar-refractivity contribution in [1.29, 1.82) is 0 Å². The van der Waals surface area contributed by atoms with Crippen molar-refractivity contribution in [2.75, 3.05) is 19.6 Å². The van der Waals surface area contributed by atoms with Gasteiger partial charge in [-0.05, 0) is 38.3 Å². The first kappa shape index (κ1) is 11.9. The third-order valence-electron chi connectivity index (χ3n) is 3.71. The van der Waals surface area contributed by atoms with Gasteiger partial charge in [-0.2, -0.15) is 0 Å². The van der Waals surface area contributed by atoms with E-state index in [1.54, 1.807) is 0 Å². The van der Waals surface area contributed by atoms with E-state index in [-0.39, 0.29) is 11.9 Å². The van der Waals surface area contributed by atoms with Crippen LogP contribution in [0.15, 0.2) is 0 Å². The normalized spacial score (nSPS) is 35.8. The summed E-state index contributed by atoms with van der Waals surface area (Å²) in [7, 11) is 0. The zero-order valence-electron chi connectivity index (χ0n) is 10.1. The molecule has 2 saturated heterocycles. The van der Waals surface area contributed by atoms with E-state index in [1.165, 1.54) is 12.8 Å². The van der Waals surface area contributed by atoms with Gasteiger partial charge < -0.3 is 16.0 Å². The van der Waals surface area contributed by atoms with Crippen LogP contribution >= 0.6 is 0 Å². The number of carbonyl (C=O) groups excluding carboxylic acids is 1. The standard InChI is InChI=1S/C12H23N3O/c1-2-4-10-12(16)14-8-11(15-10)9-5-3-6-13-7-9/h9-11,13,15H,2-8H2,1H3,(H,14,16). The van der Waals surface area contributed by atoms with Gasteiger partial charge in [0.15, 0.2) is 0 Å². The number of piperazine rings is 1. The fourth-order valence-electron chi connectivity index (χ4n) is 2.75. The predicted octanol–water partition coefficient (Wildman–Crippen LogP) is 0.243. The minimum Gasteiger partial charge on any atom is -0.353 e. The molecule has 0 aliphatic carbocycles. The predicted molar refractivity (Wildman–Crippen MR) is 64.2 cm³/mol. The summed E-state index contributed by atoms with van der Waals surface area (Å²) in [5.41, 5.74) is 0. The molecule has 2 heterocycles. The van der Waals surface area contributed by atoms with Gasteiger partial charge in [-0.25, -0.2) is 0 Å². The molecule has 0 saturated carbocycles. The highest BCUT2D eigenvalue weighted by molar-refractivity contribution is 5.82. The van der Waals surface area contributed by atoms with Crippen molar-refractivity contribution in [1.82, 2.24) is 16.0 Å². The van der Waals surface area contributed by atoms with Gasteiger partial charge in [0.1, 0.15) is 0 Å². The Bertz CT molecular complexity index is 238. The van der Waals surface area contributed by atoms with E-state index >= 15 is 0 Å². The molecule has 0 radical (unpaired) electrons. The summed E-state index contributed by atoms with van der Waals surface area (Å²) in [5, 5.41) is 9.99. The van der Waals surface area contributed by atoms with E-state index in [9.17, 15) is 4.79 Å². The Morgan fingerprint density at radius 2 is 2.25 bits per heavy atom. The quantitative estimate of drug-likeness (QED) is 0.645. The summed E-state index contributed by atoms with van der Waals surface area (Å²) in [6, 6.07) is 0.493. The fraction of sp³-hybridized carbons (Fsp3) is 0.917. The molecule has 0 aromatic heterocycles. The van der Waals surface area contributed by atoms with Crippen molar-refractivity contribution in [3.63, 3.8) is 0 Å². The monoisotopic (exact) mass is 225 g/mol. The van der Waals surface area contributed by atoms with Crippen molar-refractivity contribution in [2.24, 2.45) is 5.92 Å². The number of amides is 1. The van der Waals surface area contributed by atoms with Crippen LogP contribution in [0.3, 0.4) is 0 Å². The zero-order chi connectivity index (χ0) is 11.4. The summed E-state index contributed by atoms with van der Waals surface area (Å²) in [6.07, 6.45) is 4.54. The Balaban J connectivity index is 1.88. The van der Waals surface area contributed by atoms with Crippen molar-refractivity contribution in [3.8, 4) is 0 Å². The van der Waals surface area contributed by atoms with Crippen LogP contribution in [0.5, 0.6) is 0 Å². The average molecular weight is 225 g/mol. The molecular weight excluding hydrogens is 202 g/mol. The third-order valence-corrected chi connectivity index (χ3v) is 3.71. The summed E-state index contributed by atoms with van der Waals surface area (Å²) >= 11 is 0. The molecular formula is C12H23N3O. The Kier molecular flexibility index (Phi) is 4.18. The van der Waals surface area contributed by atoms with Crippen molar-refractivity contribution >= 4 is 5.91 Å². The average Bonchev–Trinajstić information content (AvgIpc) is 2.33. The highest BCUT2D eigenvalue weighted by Crippen LogP contribution is 2.17. The third kappa shape index (κ3) is 2.74. The van der Waals surface area contributed by atoms with E-state index in [1.807, 2.05) is 0 Å². The lowest BCUT2D eigenvalue weighted by Gasteiger charge is -2.37. The van der Waals surface area contributed by atoms with Crippen molar-refractivity contribution in [2.45, 2.75) is 44.7 Å². The number of piperidine rings is 1. The lowest BCUT2D eigenvalue weighted by atomic mass is 9.89. The molecule has 3 N–H and O–H groups in total. The van der Waals surface area contributed by atoms with Gasteiger partial charge in [0, 0.05) is 12.6 Å². The maximum Gasteiger partial charge on any atom is 0.237 e. The van der Waals surface area contributed by atoms with Gasteiger partial charge in [-0.3, -0.25) is 4.79 Å². The van der Waals surface area contributed by atoms with Crippen LogP contribution in [0.1, 0.15) is 32.6 Å². The first-order valence-electron chi connectivity index (χ1n) is 6.55. The molecule has 2 aliphatic rings. The molecule has 0 aromatic rings. The van der Waals surface area contributed by atoms with E-state index in [4.69, 9.17) is 0 Å². The molecule has 0 bridgehead atoms. The van der Waals surface area contributed by atoms with Crippen LogP contribution in [0.4, 0.5) is 0 Å². The highest BCUT2D eigenvalue weighted by atomic mass is 16.2. The number of carbonyl (C=O) groups is 1. The molecule has 1 amide bonds. The Morgan fingerprint density at radius 3 is 2.94 bits per heavy atom. The second-order valence-corrected chi connectivity index (χ2v) is 4.97. The molecule has 4 heteroatoms. The minimum atomic E-state index is 0.0330.